The van der Waals surface area contributed by atoms with Crippen LogP contribution in [-0.2, 0) is 0 Å². The number of hydrogen-bond donors (Lipinski definition) is 1. The van der Waals surface area contributed by atoms with Crippen LogP contribution < -0.4 is 0 Å². The Morgan fingerprint density at radius 3 is 2.82 bits per heavy atom. The highest BCUT2D eigenvalue weighted by Gasteiger charge is 1.98. The van der Waals surface area contributed by atoms with Gasteiger partial charge in [0.1, 0.15) is 0 Å². The summed E-state index contributed by atoms with van der Waals surface area (Å²) in [7, 11) is 0. The van der Waals surface area contributed by atoms with Gasteiger partial charge in [-0.2, -0.15) is 0 Å². The van der Waals surface area contributed by atoms with Crippen LogP contribution in [-0.4, -0.2) is 10.4 Å². The zero-order valence-electron chi connectivity index (χ0n) is 5.46. The van der Waals surface area contributed by atoms with E-state index in [2.05, 4.69) is 21.1 Å². The van der Waals surface area contributed by atoms with E-state index in [9.17, 15) is 0 Å². The van der Waals surface area contributed by atoms with Crippen molar-refractivity contribution in [3.8, 4) is 0 Å². The highest BCUT2D eigenvalue weighted by molar-refractivity contribution is 9.10. The molecule has 0 aliphatic rings. The second-order valence-corrected chi connectivity index (χ2v) is 3.17. The average Bonchev–Trinajstić information content (AvgIpc) is 2.03. The third kappa shape index (κ3) is 2.20. The van der Waals surface area contributed by atoms with E-state index in [-0.39, 0.29) is 5.17 Å². The second kappa shape index (κ2) is 3.74. The van der Waals surface area contributed by atoms with Gasteiger partial charge in [0.15, 0.2) is 5.17 Å². The number of nitrogens with zero attached hydrogens (tertiary/aromatic N) is 1. The van der Waals surface area contributed by atoms with E-state index in [0.29, 0.717) is 5.56 Å². The van der Waals surface area contributed by atoms with Crippen LogP contribution in [0.4, 0.5) is 0 Å². The minimum Gasteiger partial charge on any atom is -0.410 e. The Hall–Kier alpha value is -0.540. The summed E-state index contributed by atoms with van der Waals surface area (Å²) in [5, 5.41) is 11.3. The van der Waals surface area contributed by atoms with Crippen LogP contribution in [0, 0.1) is 0 Å². The molecule has 0 saturated carbocycles. The Bertz CT molecular complexity index is 288. The molecule has 0 heterocycles. The third-order valence-corrected chi connectivity index (χ3v) is 1.94. The maximum Gasteiger partial charge on any atom is 0.175 e. The Balaban J connectivity index is 3.06. The summed E-state index contributed by atoms with van der Waals surface area (Å²) < 4.78 is 0.900. The Kier molecular flexibility index (Phi) is 2.91. The maximum absolute atomic E-state index is 8.32. The zero-order chi connectivity index (χ0) is 8.27. The molecule has 0 fully saturated rings. The molecule has 1 aromatic rings. The lowest BCUT2D eigenvalue weighted by molar-refractivity contribution is 0.321. The first-order valence-corrected chi connectivity index (χ1v) is 4.04. The molecule has 0 spiro atoms. The molecule has 0 aromatic heterocycles. The summed E-state index contributed by atoms with van der Waals surface area (Å²) in [6.45, 7) is 0. The molecule has 2 nitrogen and oxygen atoms in total. The SMILES string of the molecule is O/N=C(/Cl)c1cccc(Br)c1. The van der Waals surface area contributed by atoms with Crippen molar-refractivity contribution >= 4 is 32.7 Å². The van der Waals surface area contributed by atoms with Gasteiger partial charge in [0.25, 0.3) is 0 Å². The second-order valence-electron chi connectivity index (χ2n) is 1.90. The van der Waals surface area contributed by atoms with Gasteiger partial charge in [0.05, 0.1) is 0 Å². The molecule has 0 saturated heterocycles. The largest absolute Gasteiger partial charge is 0.410 e. The van der Waals surface area contributed by atoms with E-state index in [4.69, 9.17) is 16.8 Å². The Labute approximate surface area is 77.6 Å². The molecule has 4 heteroatoms. The molecule has 0 bridgehead atoms. The molecule has 58 valence electrons. The van der Waals surface area contributed by atoms with E-state index >= 15 is 0 Å². The minimum atomic E-state index is 0.0892. The van der Waals surface area contributed by atoms with Crippen LogP contribution in [0.25, 0.3) is 0 Å². The van der Waals surface area contributed by atoms with Crippen molar-refractivity contribution in [2.75, 3.05) is 0 Å². The number of benzene rings is 1. The minimum absolute atomic E-state index is 0.0892. The van der Waals surface area contributed by atoms with Gasteiger partial charge in [-0.15, -0.1) is 0 Å². The van der Waals surface area contributed by atoms with Gasteiger partial charge in [0.2, 0.25) is 0 Å². The normalized spacial score (nSPS) is 11.6. The first kappa shape index (κ1) is 8.56. The van der Waals surface area contributed by atoms with Crippen molar-refractivity contribution in [3.63, 3.8) is 0 Å². The Morgan fingerprint density at radius 2 is 2.27 bits per heavy atom. The number of oxime groups is 1. The van der Waals surface area contributed by atoms with E-state index in [1.807, 2.05) is 12.1 Å². The van der Waals surface area contributed by atoms with Crippen LogP contribution >= 0.6 is 27.5 Å². The van der Waals surface area contributed by atoms with Crippen LogP contribution in [0.3, 0.4) is 0 Å². The van der Waals surface area contributed by atoms with Crippen LogP contribution in [0.5, 0.6) is 0 Å². The standard InChI is InChI=1S/C7H5BrClNO/c8-6-3-1-2-5(4-6)7(9)10-11/h1-4,11H/b10-7+. The summed E-state index contributed by atoms with van der Waals surface area (Å²) in [6, 6.07) is 7.20. The summed E-state index contributed by atoms with van der Waals surface area (Å²) in [6.07, 6.45) is 0. The molecule has 1 aromatic carbocycles. The number of rotatable bonds is 1. The van der Waals surface area contributed by atoms with Gasteiger partial charge in [0, 0.05) is 10.0 Å². The summed E-state index contributed by atoms with van der Waals surface area (Å²) in [5.74, 6) is 0. The molecule has 1 N–H and O–H groups in total. The highest BCUT2D eigenvalue weighted by Crippen LogP contribution is 2.13. The third-order valence-electron chi connectivity index (χ3n) is 1.15. The highest BCUT2D eigenvalue weighted by atomic mass is 79.9. The predicted octanol–water partition coefficient (Wildman–Crippen LogP) is 2.82. The molecule has 0 amide bonds. The van der Waals surface area contributed by atoms with Crippen molar-refractivity contribution in [3.05, 3.63) is 34.3 Å². The van der Waals surface area contributed by atoms with Gasteiger partial charge in [-0.1, -0.05) is 44.8 Å². The fourth-order valence-electron chi connectivity index (χ4n) is 0.675. The van der Waals surface area contributed by atoms with Crippen molar-refractivity contribution in [2.45, 2.75) is 0 Å². The molecule has 11 heavy (non-hydrogen) atoms. The fourth-order valence-corrected chi connectivity index (χ4v) is 1.19. The molecule has 0 aliphatic carbocycles. The first-order valence-electron chi connectivity index (χ1n) is 2.87. The van der Waals surface area contributed by atoms with Gasteiger partial charge in [-0.3, -0.25) is 0 Å². The monoisotopic (exact) mass is 233 g/mol. The summed E-state index contributed by atoms with van der Waals surface area (Å²) in [5.41, 5.74) is 0.684. The van der Waals surface area contributed by atoms with Crippen LogP contribution in [0.2, 0.25) is 0 Å². The van der Waals surface area contributed by atoms with Crippen molar-refractivity contribution in [2.24, 2.45) is 5.16 Å². The topological polar surface area (TPSA) is 32.6 Å². The average molecular weight is 234 g/mol. The smallest absolute Gasteiger partial charge is 0.175 e. The molecular formula is C7H5BrClNO. The lowest BCUT2D eigenvalue weighted by atomic mass is 10.2. The number of hydrogen-bond acceptors (Lipinski definition) is 2. The fraction of sp³-hybridized carbons (Fsp3) is 0. The van der Waals surface area contributed by atoms with Crippen molar-refractivity contribution in [1.82, 2.24) is 0 Å². The molecule has 0 unspecified atom stereocenters. The molecule has 1 rings (SSSR count). The van der Waals surface area contributed by atoms with Gasteiger partial charge in [-0.05, 0) is 12.1 Å². The quantitative estimate of drug-likeness (QED) is 0.452. The molecule has 0 aliphatic heterocycles. The summed E-state index contributed by atoms with van der Waals surface area (Å²) in [4.78, 5) is 0. The predicted molar refractivity (Wildman–Crippen MR) is 48.3 cm³/mol. The molecule has 0 atom stereocenters. The van der Waals surface area contributed by atoms with Crippen molar-refractivity contribution in [1.29, 1.82) is 0 Å². The Morgan fingerprint density at radius 1 is 1.55 bits per heavy atom. The van der Waals surface area contributed by atoms with Gasteiger partial charge < -0.3 is 5.21 Å². The van der Waals surface area contributed by atoms with Gasteiger partial charge >= 0.3 is 0 Å². The van der Waals surface area contributed by atoms with Gasteiger partial charge in [-0.25, -0.2) is 0 Å². The lowest BCUT2D eigenvalue weighted by Crippen LogP contribution is -1.89. The molecular weight excluding hydrogens is 229 g/mol. The maximum atomic E-state index is 8.32. The van der Waals surface area contributed by atoms with E-state index in [1.54, 1.807) is 12.1 Å². The zero-order valence-corrected chi connectivity index (χ0v) is 7.80. The van der Waals surface area contributed by atoms with E-state index in [1.165, 1.54) is 0 Å². The lowest BCUT2D eigenvalue weighted by Gasteiger charge is -1.95. The summed E-state index contributed by atoms with van der Waals surface area (Å²) >= 11 is 8.81. The molecule has 0 radical (unpaired) electrons. The van der Waals surface area contributed by atoms with Crippen molar-refractivity contribution < 1.29 is 5.21 Å². The van der Waals surface area contributed by atoms with E-state index in [0.717, 1.165) is 4.47 Å². The first-order chi connectivity index (χ1) is 5.24. The van der Waals surface area contributed by atoms with E-state index < -0.39 is 0 Å². The van der Waals surface area contributed by atoms with Crippen LogP contribution in [0.1, 0.15) is 5.56 Å². The number of halogens is 2. The van der Waals surface area contributed by atoms with Crippen LogP contribution in [0.15, 0.2) is 33.9 Å².